The summed E-state index contributed by atoms with van der Waals surface area (Å²) < 4.78 is 10.7. The van der Waals surface area contributed by atoms with Gasteiger partial charge in [0, 0.05) is 23.7 Å². The predicted molar refractivity (Wildman–Crippen MR) is 79.0 cm³/mol. The van der Waals surface area contributed by atoms with Gasteiger partial charge < -0.3 is 20.5 Å². The number of ether oxygens (including phenoxy) is 2. The zero-order chi connectivity index (χ0) is 15.1. The molecule has 0 heterocycles. The average Bonchev–Trinajstić information content (AvgIpc) is 2.44. The Morgan fingerprint density at radius 2 is 2.10 bits per heavy atom. The van der Waals surface area contributed by atoms with Crippen LogP contribution in [0.5, 0.6) is 11.5 Å². The van der Waals surface area contributed by atoms with E-state index in [2.05, 4.69) is 5.32 Å². The molecule has 0 aromatic heterocycles. The van der Waals surface area contributed by atoms with Gasteiger partial charge in [0.05, 0.1) is 7.11 Å². The van der Waals surface area contributed by atoms with Crippen molar-refractivity contribution in [3.63, 3.8) is 0 Å². The highest BCUT2D eigenvalue weighted by atomic mass is 16.5. The maximum atomic E-state index is 11.7. The van der Waals surface area contributed by atoms with E-state index in [-0.39, 0.29) is 24.6 Å². The second-order valence-electron chi connectivity index (χ2n) is 4.86. The lowest BCUT2D eigenvalue weighted by Gasteiger charge is -2.16. The van der Waals surface area contributed by atoms with Gasteiger partial charge in [-0.15, -0.1) is 0 Å². The summed E-state index contributed by atoms with van der Waals surface area (Å²) in [4.78, 5) is 11.7. The maximum absolute atomic E-state index is 11.7. The summed E-state index contributed by atoms with van der Waals surface area (Å²) in [6.45, 7) is 5.81. The number of methoxy groups -OCH3 is 1. The maximum Gasteiger partial charge on any atom is 0.258 e. The molecular formula is C15H24N2O3. The summed E-state index contributed by atoms with van der Waals surface area (Å²) in [6.07, 6.45) is 0.885. The third-order valence-corrected chi connectivity index (χ3v) is 3.09. The molecule has 0 aliphatic rings. The van der Waals surface area contributed by atoms with Gasteiger partial charge in [-0.3, -0.25) is 4.79 Å². The second kappa shape index (κ2) is 7.75. The zero-order valence-corrected chi connectivity index (χ0v) is 12.6. The number of hydrogen-bond donors (Lipinski definition) is 2. The molecule has 2 unspecified atom stereocenters. The highest BCUT2D eigenvalue weighted by Crippen LogP contribution is 2.28. The van der Waals surface area contributed by atoms with E-state index in [0.29, 0.717) is 11.5 Å². The van der Waals surface area contributed by atoms with Crippen LogP contribution in [-0.2, 0) is 4.79 Å². The number of nitrogens with one attached hydrogen (secondary N) is 1. The molecular weight excluding hydrogens is 256 g/mol. The lowest BCUT2D eigenvalue weighted by atomic mass is 10.1. The van der Waals surface area contributed by atoms with Gasteiger partial charge in [-0.05, 0) is 26.3 Å². The first-order chi connectivity index (χ1) is 9.47. The monoisotopic (exact) mass is 280 g/mol. The van der Waals surface area contributed by atoms with Gasteiger partial charge in [-0.25, -0.2) is 0 Å². The van der Waals surface area contributed by atoms with E-state index in [1.54, 1.807) is 13.2 Å². The van der Waals surface area contributed by atoms with Crippen LogP contribution in [0, 0.1) is 0 Å². The van der Waals surface area contributed by atoms with Crippen LogP contribution in [0.15, 0.2) is 18.2 Å². The van der Waals surface area contributed by atoms with Crippen molar-refractivity contribution in [3.05, 3.63) is 23.8 Å². The molecule has 0 spiro atoms. The molecule has 0 radical (unpaired) electrons. The van der Waals surface area contributed by atoms with E-state index in [4.69, 9.17) is 15.2 Å². The first-order valence-electron chi connectivity index (χ1n) is 6.83. The van der Waals surface area contributed by atoms with E-state index in [9.17, 15) is 4.79 Å². The Hall–Kier alpha value is -1.75. The number of nitrogens with two attached hydrogens (primary N) is 1. The smallest absolute Gasteiger partial charge is 0.258 e. The summed E-state index contributed by atoms with van der Waals surface area (Å²) in [5.41, 5.74) is 6.74. The van der Waals surface area contributed by atoms with Crippen molar-refractivity contribution in [3.8, 4) is 11.5 Å². The number of carbonyl (C=O) groups excluding carboxylic acids is 1. The van der Waals surface area contributed by atoms with Gasteiger partial charge in [0.15, 0.2) is 6.61 Å². The van der Waals surface area contributed by atoms with Crippen LogP contribution >= 0.6 is 0 Å². The standard InChI is InChI=1S/C15H24N2O3/c1-5-10(2)17-15(18)9-20-14-8-12(19-4)6-7-13(14)11(3)16/h6-8,10-11H,5,9,16H2,1-4H3,(H,17,18). The van der Waals surface area contributed by atoms with Crippen molar-refractivity contribution in [2.45, 2.75) is 39.3 Å². The fraction of sp³-hybridized carbons (Fsp3) is 0.533. The van der Waals surface area contributed by atoms with Crippen molar-refractivity contribution in [2.24, 2.45) is 5.73 Å². The molecule has 20 heavy (non-hydrogen) atoms. The molecule has 2 atom stereocenters. The molecule has 0 saturated heterocycles. The van der Waals surface area contributed by atoms with E-state index in [1.807, 2.05) is 32.9 Å². The summed E-state index contributed by atoms with van der Waals surface area (Å²) in [7, 11) is 1.58. The normalized spacial score (nSPS) is 13.4. The third kappa shape index (κ3) is 4.74. The van der Waals surface area contributed by atoms with Crippen molar-refractivity contribution >= 4 is 5.91 Å². The molecule has 0 aliphatic carbocycles. The van der Waals surface area contributed by atoms with Crippen molar-refractivity contribution in [2.75, 3.05) is 13.7 Å². The summed E-state index contributed by atoms with van der Waals surface area (Å²) >= 11 is 0. The molecule has 3 N–H and O–H groups in total. The number of carbonyl (C=O) groups is 1. The Balaban J connectivity index is 2.72. The van der Waals surface area contributed by atoms with Crippen LogP contribution in [0.2, 0.25) is 0 Å². The average molecular weight is 280 g/mol. The number of hydrogen-bond acceptors (Lipinski definition) is 4. The van der Waals surface area contributed by atoms with Gasteiger partial charge in [-0.2, -0.15) is 0 Å². The van der Waals surface area contributed by atoms with Crippen molar-refractivity contribution in [1.29, 1.82) is 0 Å². The van der Waals surface area contributed by atoms with E-state index in [0.717, 1.165) is 12.0 Å². The highest BCUT2D eigenvalue weighted by Gasteiger charge is 2.12. The molecule has 1 amide bonds. The van der Waals surface area contributed by atoms with Gasteiger partial charge in [0.1, 0.15) is 11.5 Å². The lowest BCUT2D eigenvalue weighted by Crippen LogP contribution is -2.35. The minimum atomic E-state index is -0.173. The van der Waals surface area contributed by atoms with Gasteiger partial charge in [0.2, 0.25) is 0 Å². The summed E-state index contributed by atoms with van der Waals surface area (Å²) in [5.74, 6) is 1.11. The Morgan fingerprint density at radius 1 is 1.40 bits per heavy atom. The van der Waals surface area contributed by atoms with Gasteiger partial charge >= 0.3 is 0 Å². The molecule has 112 valence electrons. The van der Waals surface area contributed by atoms with Gasteiger partial charge in [-0.1, -0.05) is 13.0 Å². The van der Waals surface area contributed by atoms with Crippen LogP contribution in [-0.4, -0.2) is 25.7 Å². The summed E-state index contributed by atoms with van der Waals surface area (Å²) in [6, 6.07) is 5.39. The van der Waals surface area contributed by atoms with Crippen LogP contribution in [0.1, 0.15) is 38.8 Å². The van der Waals surface area contributed by atoms with Crippen LogP contribution in [0.4, 0.5) is 0 Å². The highest BCUT2D eigenvalue weighted by molar-refractivity contribution is 5.77. The molecule has 0 aliphatic heterocycles. The fourth-order valence-electron chi connectivity index (χ4n) is 1.70. The van der Waals surface area contributed by atoms with E-state index in [1.165, 1.54) is 0 Å². The SMILES string of the molecule is CCC(C)NC(=O)COc1cc(OC)ccc1C(C)N. The van der Waals surface area contributed by atoms with Gasteiger partial charge in [0.25, 0.3) is 5.91 Å². The first-order valence-corrected chi connectivity index (χ1v) is 6.83. The van der Waals surface area contributed by atoms with Crippen LogP contribution in [0.25, 0.3) is 0 Å². The number of rotatable bonds is 7. The van der Waals surface area contributed by atoms with E-state index >= 15 is 0 Å². The van der Waals surface area contributed by atoms with Crippen molar-refractivity contribution < 1.29 is 14.3 Å². The molecule has 5 nitrogen and oxygen atoms in total. The molecule has 1 aromatic carbocycles. The number of benzene rings is 1. The van der Waals surface area contributed by atoms with E-state index < -0.39 is 0 Å². The quantitative estimate of drug-likeness (QED) is 0.801. The molecule has 0 saturated carbocycles. The predicted octanol–water partition coefficient (Wildman–Crippen LogP) is 2.01. The molecule has 1 rings (SSSR count). The fourth-order valence-corrected chi connectivity index (χ4v) is 1.70. The Kier molecular flexibility index (Phi) is 6.31. The molecule has 0 bridgehead atoms. The lowest BCUT2D eigenvalue weighted by molar-refractivity contribution is -0.123. The Bertz CT molecular complexity index is 447. The zero-order valence-electron chi connectivity index (χ0n) is 12.6. The minimum absolute atomic E-state index is 0.0305. The third-order valence-electron chi connectivity index (χ3n) is 3.09. The summed E-state index contributed by atoms with van der Waals surface area (Å²) in [5, 5.41) is 2.85. The number of amides is 1. The second-order valence-corrected chi connectivity index (χ2v) is 4.86. The van der Waals surface area contributed by atoms with Crippen LogP contribution in [0.3, 0.4) is 0 Å². The topological polar surface area (TPSA) is 73.6 Å². The minimum Gasteiger partial charge on any atom is -0.497 e. The first kappa shape index (κ1) is 16.3. The largest absolute Gasteiger partial charge is 0.497 e. The Labute approximate surface area is 120 Å². The molecule has 5 heteroatoms. The Morgan fingerprint density at radius 3 is 2.65 bits per heavy atom. The van der Waals surface area contributed by atoms with Crippen molar-refractivity contribution in [1.82, 2.24) is 5.32 Å². The molecule has 1 aromatic rings. The van der Waals surface area contributed by atoms with Crippen LogP contribution < -0.4 is 20.5 Å². The molecule has 0 fully saturated rings.